The van der Waals surface area contributed by atoms with Crippen molar-refractivity contribution in [2.45, 2.75) is 47.0 Å². The van der Waals surface area contributed by atoms with E-state index in [-0.39, 0.29) is 22.8 Å². The molecule has 0 saturated heterocycles. The molecule has 0 aromatic heterocycles. The molecule has 4 heteroatoms. The van der Waals surface area contributed by atoms with Gasteiger partial charge in [0.25, 0.3) is 0 Å². The van der Waals surface area contributed by atoms with E-state index in [1.807, 2.05) is 65.6 Å². The number of fused-ring (bicyclic) bond motifs is 1. The lowest BCUT2D eigenvalue weighted by atomic mass is 9.83. The number of phenols is 3. The standard InChI is InChI=1S/C50H43NO3.C7H8/c1-31-12-8-9-18-42(31)44-30-39(21-20-32(44)2)35-22-26-40(27-23-35)51(47-34(4)48(52)46(49(53)50(47)54)38-14-6-5-7-15-38)41-28-24-36(25-29-41)43-19-11-17-37-16-10-13-33(3)45(37)43;1-7-5-3-2-4-6-7/h5-12,14-30,33,52-54H,13H2,1-4H3;2-6H,1H3. The topological polar surface area (TPSA) is 63.9 Å². The van der Waals surface area contributed by atoms with Gasteiger partial charge in [-0.25, -0.2) is 0 Å². The maximum absolute atomic E-state index is 11.8. The summed E-state index contributed by atoms with van der Waals surface area (Å²) in [6.07, 6.45) is 5.46. The Morgan fingerprint density at radius 1 is 0.475 bits per heavy atom. The molecule has 4 nitrogen and oxygen atoms in total. The van der Waals surface area contributed by atoms with Gasteiger partial charge in [0.05, 0.1) is 11.3 Å². The zero-order valence-electron chi connectivity index (χ0n) is 35.4. The number of hydrogen-bond acceptors (Lipinski definition) is 4. The molecular weight excluding hydrogens is 747 g/mol. The Balaban J connectivity index is 0.000000668. The van der Waals surface area contributed by atoms with Crippen molar-refractivity contribution in [3.05, 3.63) is 209 Å². The maximum Gasteiger partial charge on any atom is 0.183 e. The second kappa shape index (κ2) is 17.5. The first-order chi connectivity index (χ1) is 29.6. The number of anilines is 3. The van der Waals surface area contributed by atoms with Crippen LogP contribution in [-0.2, 0) is 0 Å². The summed E-state index contributed by atoms with van der Waals surface area (Å²) in [5.74, 6) is -0.368. The van der Waals surface area contributed by atoms with Crippen LogP contribution in [0.3, 0.4) is 0 Å². The molecule has 8 aromatic carbocycles. The summed E-state index contributed by atoms with van der Waals surface area (Å²) in [7, 11) is 0. The molecule has 61 heavy (non-hydrogen) atoms. The predicted octanol–water partition coefficient (Wildman–Crippen LogP) is 15.4. The van der Waals surface area contributed by atoms with Crippen LogP contribution in [0.25, 0.3) is 50.6 Å². The quantitative estimate of drug-likeness (QED) is 0.111. The van der Waals surface area contributed by atoms with Gasteiger partial charge in [0.2, 0.25) is 0 Å². The molecule has 0 amide bonds. The van der Waals surface area contributed by atoms with Gasteiger partial charge in [-0.3, -0.25) is 0 Å². The van der Waals surface area contributed by atoms with Crippen molar-refractivity contribution in [2.75, 3.05) is 4.90 Å². The molecule has 1 aliphatic carbocycles. The van der Waals surface area contributed by atoms with Crippen LogP contribution in [0.15, 0.2) is 176 Å². The highest BCUT2D eigenvalue weighted by Crippen LogP contribution is 2.54. The van der Waals surface area contributed by atoms with Crippen LogP contribution in [0.2, 0.25) is 0 Å². The first-order valence-electron chi connectivity index (χ1n) is 20.9. The summed E-state index contributed by atoms with van der Waals surface area (Å²) in [6, 6.07) is 57.4. The van der Waals surface area contributed by atoms with E-state index in [0.717, 1.165) is 34.5 Å². The van der Waals surface area contributed by atoms with Crippen LogP contribution in [0.4, 0.5) is 17.1 Å². The van der Waals surface area contributed by atoms with Crippen molar-refractivity contribution in [3.63, 3.8) is 0 Å². The summed E-state index contributed by atoms with van der Waals surface area (Å²) in [5, 5.41) is 35.0. The second-order valence-electron chi connectivity index (χ2n) is 16.0. The number of benzene rings is 8. The van der Waals surface area contributed by atoms with Crippen molar-refractivity contribution < 1.29 is 15.3 Å². The largest absolute Gasteiger partial charge is 0.507 e. The Labute approximate surface area is 360 Å². The average Bonchev–Trinajstić information content (AvgIpc) is 3.29. The summed E-state index contributed by atoms with van der Waals surface area (Å²) in [5.41, 5.74) is 16.3. The third-order valence-electron chi connectivity index (χ3n) is 11.8. The van der Waals surface area contributed by atoms with Crippen molar-refractivity contribution in [2.24, 2.45) is 0 Å². The fourth-order valence-electron chi connectivity index (χ4n) is 8.52. The highest BCUT2D eigenvalue weighted by atomic mass is 16.3. The number of allylic oxidation sites excluding steroid dienone is 1. The number of aryl methyl sites for hydroxylation is 3. The van der Waals surface area contributed by atoms with Crippen molar-refractivity contribution >= 4 is 23.1 Å². The molecule has 0 radical (unpaired) electrons. The Kier molecular flexibility index (Phi) is 11.6. The lowest BCUT2D eigenvalue weighted by Gasteiger charge is -2.30. The Bertz CT molecular complexity index is 2810. The molecule has 1 unspecified atom stereocenters. The van der Waals surface area contributed by atoms with Crippen LogP contribution in [0.5, 0.6) is 17.2 Å². The SMILES string of the molecule is Cc1ccccc1.Cc1ccccc1-c1cc(-c2ccc(N(c3ccc(-c4cccc5c4C(C)CC=C5)cc3)c3c(C)c(O)c(-c4ccccc4)c(O)c3O)cc2)ccc1C. The Morgan fingerprint density at radius 2 is 1.05 bits per heavy atom. The van der Waals surface area contributed by atoms with Crippen LogP contribution < -0.4 is 4.90 Å². The van der Waals surface area contributed by atoms with Gasteiger partial charge in [-0.1, -0.05) is 164 Å². The van der Waals surface area contributed by atoms with E-state index >= 15 is 0 Å². The minimum absolute atomic E-state index is 0.0916. The minimum atomic E-state index is -0.376. The molecule has 1 aliphatic rings. The molecule has 9 rings (SSSR count). The third kappa shape index (κ3) is 8.18. The van der Waals surface area contributed by atoms with Gasteiger partial charge < -0.3 is 20.2 Å². The van der Waals surface area contributed by atoms with E-state index in [1.54, 1.807) is 19.1 Å². The number of aromatic hydroxyl groups is 3. The van der Waals surface area contributed by atoms with E-state index < -0.39 is 0 Å². The van der Waals surface area contributed by atoms with Crippen molar-refractivity contribution in [1.29, 1.82) is 0 Å². The molecular formula is C57H51NO3. The summed E-state index contributed by atoms with van der Waals surface area (Å²) >= 11 is 0. The van der Waals surface area contributed by atoms with E-state index in [1.165, 1.54) is 44.5 Å². The first-order valence-corrected chi connectivity index (χ1v) is 20.9. The molecule has 0 heterocycles. The predicted molar refractivity (Wildman–Crippen MR) is 255 cm³/mol. The molecule has 0 bridgehead atoms. The summed E-state index contributed by atoms with van der Waals surface area (Å²) in [6.45, 7) is 10.4. The highest BCUT2D eigenvalue weighted by molar-refractivity contribution is 5.93. The van der Waals surface area contributed by atoms with Gasteiger partial charge >= 0.3 is 0 Å². The fraction of sp³-hybridized carbons (Fsp3) is 0.123. The average molecular weight is 798 g/mol. The highest BCUT2D eigenvalue weighted by Gasteiger charge is 2.28. The van der Waals surface area contributed by atoms with Gasteiger partial charge in [-0.15, -0.1) is 0 Å². The van der Waals surface area contributed by atoms with Crippen LogP contribution >= 0.6 is 0 Å². The van der Waals surface area contributed by atoms with Crippen molar-refractivity contribution in [3.8, 4) is 61.8 Å². The Morgan fingerprint density at radius 3 is 1.69 bits per heavy atom. The van der Waals surface area contributed by atoms with E-state index in [0.29, 0.717) is 22.7 Å². The first kappa shape index (κ1) is 40.5. The summed E-state index contributed by atoms with van der Waals surface area (Å²) < 4.78 is 0. The number of nitrogens with zero attached hydrogens (tertiary/aromatic N) is 1. The third-order valence-corrected chi connectivity index (χ3v) is 11.8. The molecule has 302 valence electrons. The number of rotatable bonds is 7. The zero-order chi connectivity index (χ0) is 42.6. The van der Waals surface area contributed by atoms with Crippen LogP contribution in [-0.4, -0.2) is 15.3 Å². The molecule has 0 saturated carbocycles. The minimum Gasteiger partial charge on any atom is -0.507 e. The molecule has 1 atom stereocenters. The molecule has 0 spiro atoms. The summed E-state index contributed by atoms with van der Waals surface area (Å²) in [4.78, 5) is 1.91. The number of hydrogen-bond donors (Lipinski definition) is 3. The van der Waals surface area contributed by atoms with E-state index in [4.69, 9.17) is 0 Å². The van der Waals surface area contributed by atoms with Crippen LogP contribution in [0.1, 0.15) is 52.6 Å². The fourth-order valence-corrected chi connectivity index (χ4v) is 8.52. The number of phenolic OH excluding ortho intramolecular Hbond substituents is 3. The normalized spacial score (nSPS) is 12.9. The molecule has 0 aliphatic heterocycles. The molecule has 3 N–H and O–H groups in total. The van der Waals surface area contributed by atoms with Gasteiger partial charge in [0.15, 0.2) is 11.5 Å². The van der Waals surface area contributed by atoms with Gasteiger partial charge in [-0.05, 0) is 132 Å². The molecule has 8 aromatic rings. The zero-order valence-corrected chi connectivity index (χ0v) is 35.4. The van der Waals surface area contributed by atoms with Gasteiger partial charge in [-0.2, -0.15) is 0 Å². The van der Waals surface area contributed by atoms with E-state index in [9.17, 15) is 15.3 Å². The van der Waals surface area contributed by atoms with E-state index in [2.05, 4.69) is 137 Å². The van der Waals surface area contributed by atoms with Gasteiger partial charge in [0, 0.05) is 16.9 Å². The lowest BCUT2D eigenvalue weighted by Crippen LogP contribution is -2.12. The maximum atomic E-state index is 11.8. The van der Waals surface area contributed by atoms with Gasteiger partial charge in [0.1, 0.15) is 5.75 Å². The molecule has 0 fully saturated rings. The Hall–Kier alpha value is -7.30. The van der Waals surface area contributed by atoms with Crippen molar-refractivity contribution in [1.82, 2.24) is 0 Å². The second-order valence-corrected chi connectivity index (χ2v) is 16.0. The lowest BCUT2D eigenvalue weighted by molar-refractivity contribution is 0.399. The smallest absolute Gasteiger partial charge is 0.183 e. The monoisotopic (exact) mass is 797 g/mol. The van der Waals surface area contributed by atoms with Crippen LogP contribution in [0, 0.1) is 27.7 Å².